The van der Waals surface area contributed by atoms with Crippen molar-refractivity contribution in [3.8, 4) is 5.75 Å². The van der Waals surface area contributed by atoms with Gasteiger partial charge in [-0.1, -0.05) is 19.1 Å². The topological polar surface area (TPSA) is 24.5 Å². The fourth-order valence-electron chi connectivity index (χ4n) is 2.80. The fraction of sp³-hybridized carbons (Fsp3) is 0.625. The van der Waals surface area contributed by atoms with Crippen molar-refractivity contribution in [2.24, 2.45) is 0 Å². The van der Waals surface area contributed by atoms with Gasteiger partial charge in [-0.25, -0.2) is 0 Å². The summed E-state index contributed by atoms with van der Waals surface area (Å²) in [6.45, 7) is 9.48. The molecule has 0 radical (unpaired) electrons. The van der Waals surface area contributed by atoms with Crippen molar-refractivity contribution in [3.63, 3.8) is 0 Å². The maximum Gasteiger partial charge on any atom is 0.119 e. The van der Waals surface area contributed by atoms with Gasteiger partial charge < -0.3 is 10.1 Å². The summed E-state index contributed by atoms with van der Waals surface area (Å²) in [6, 6.07) is 9.12. The van der Waals surface area contributed by atoms with Gasteiger partial charge >= 0.3 is 0 Å². The molecule has 0 saturated carbocycles. The summed E-state index contributed by atoms with van der Waals surface area (Å²) in [7, 11) is 0. The zero-order valence-corrected chi connectivity index (χ0v) is 12.2. The number of benzene rings is 1. The molecule has 1 fully saturated rings. The van der Waals surface area contributed by atoms with Gasteiger partial charge in [-0.15, -0.1) is 0 Å². The smallest absolute Gasteiger partial charge is 0.119 e. The van der Waals surface area contributed by atoms with Crippen LogP contribution in [0.1, 0.15) is 32.3 Å². The molecule has 0 bridgehead atoms. The zero-order chi connectivity index (χ0) is 13.5. The number of nitrogens with zero attached hydrogens (tertiary/aromatic N) is 1. The Morgan fingerprint density at radius 3 is 2.74 bits per heavy atom. The Balaban J connectivity index is 1.73. The van der Waals surface area contributed by atoms with Gasteiger partial charge in [-0.3, -0.25) is 4.90 Å². The van der Waals surface area contributed by atoms with Gasteiger partial charge in [0.15, 0.2) is 0 Å². The van der Waals surface area contributed by atoms with Crippen molar-refractivity contribution >= 4 is 0 Å². The van der Waals surface area contributed by atoms with Crippen molar-refractivity contribution in [2.45, 2.75) is 39.3 Å². The molecule has 1 saturated heterocycles. The predicted molar refractivity (Wildman–Crippen MR) is 79.6 cm³/mol. The second kappa shape index (κ2) is 7.51. The Morgan fingerprint density at radius 1 is 1.26 bits per heavy atom. The first-order valence-corrected chi connectivity index (χ1v) is 7.50. The van der Waals surface area contributed by atoms with Crippen molar-refractivity contribution in [1.29, 1.82) is 0 Å². The molecule has 106 valence electrons. The summed E-state index contributed by atoms with van der Waals surface area (Å²) < 4.78 is 5.45. The van der Waals surface area contributed by atoms with Crippen LogP contribution in [0.5, 0.6) is 5.75 Å². The Bertz CT molecular complexity index is 364. The first-order valence-electron chi connectivity index (χ1n) is 7.50. The molecule has 1 atom stereocenters. The third kappa shape index (κ3) is 4.22. The maximum atomic E-state index is 5.45. The van der Waals surface area contributed by atoms with Crippen LogP contribution < -0.4 is 10.1 Å². The molecule has 2 rings (SSSR count). The zero-order valence-electron chi connectivity index (χ0n) is 12.2. The van der Waals surface area contributed by atoms with Crippen LogP contribution >= 0.6 is 0 Å². The summed E-state index contributed by atoms with van der Waals surface area (Å²) in [5, 5.41) is 3.58. The van der Waals surface area contributed by atoms with Crippen molar-refractivity contribution in [1.82, 2.24) is 10.2 Å². The molecule has 19 heavy (non-hydrogen) atoms. The van der Waals surface area contributed by atoms with Gasteiger partial charge in [0.25, 0.3) is 0 Å². The average molecular weight is 262 g/mol. The van der Waals surface area contributed by atoms with Gasteiger partial charge in [-0.2, -0.15) is 0 Å². The number of ether oxygens (including phenoxy) is 1. The molecule has 1 N–H and O–H groups in total. The number of hydrogen-bond donors (Lipinski definition) is 1. The minimum Gasteiger partial charge on any atom is -0.494 e. The van der Waals surface area contributed by atoms with Crippen LogP contribution in [-0.4, -0.2) is 37.2 Å². The molecule has 1 aliphatic heterocycles. The number of likely N-dealkylation sites (N-methyl/N-ethyl adjacent to an activating group) is 1. The summed E-state index contributed by atoms with van der Waals surface area (Å²) in [5.74, 6) is 0.958. The minimum absolute atomic E-state index is 0.728. The van der Waals surface area contributed by atoms with Gasteiger partial charge in [-0.05, 0) is 50.6 Å². The Labute approximate surface area is 116 Å². The summed E-state index contributed by atoms with van der Waals surface area (Å²) in [6.07, 6.45) is 2.69. The SMILES string of the molecule is CCOc1ccc(CNC[C@@H]2CCCN2CC)cc1. The maximum absolute atomic E-state index is 5.45. The molecular formula is C16H26N2O. The second-order valence-corrected chi connectivity index (χ2v) is 5.13. The molecule has 3 nitrogen and oxygen atoms in total. The van der Waals surface area contributed by atoms with E-state index in [1.54, 1.807) is 0 Å². The molecule has 0 unspecified atom stereocenters. The van der Waals surface area contributed by atoms with E-state index in [-0.39, 0.29) is 0 Å². The largest absolute Gasteiger partial charge is 0.494 e. The van der Waals surface area contributed by atoms with Crippen LogP contribution in [0.4, 0.5) is 0 Å². The molecule has 0 amide bonds. The predicted octanol–water partition coefficient (Wildman–Crippen LogP) is 2.66. The van der Waals surface area contributed by atoms with E-state index in [2.05, 4.69) is 41.4 Å². The van der Waals surface area contributed by atoms with Gasteiger partial charge in [0.2, 0.25) is 0 Å². The Morgan fingerprint density at radius 2 is 2.05 bits per heavy atom. The number of rotatable bonds is 7. The molecular weight excluding hydrogens is 236 g/mol. The molecule has 0 spiro atoms. The first-order chi connectivity index (χ1) is 9.33. The van der Waals surface area contributed by atoms with Gasteiger partial charge in [0, 0.05) is 19.1 Å². The highest BCUT2D eigenvalue weighted by Gasteiger charge is 2.21. The van der Waals surface area contributed by atoms with E-state index in [0.717, 1.165) is 31.5 Å². The van der Waals surface area contributed by atoms with E-state index in [0.29, 0.717) is 0 Å². The third-order valence-electron chi connectivity index (χ3n) is 3.85. The van der Waals surface area contributed by atoms with E-state index in [1.807, 2.05) is 6.92 Å². The van der Waals surface area contributed by atoms with E-state index >= 15 is 0 Å². The Kier molecular flexibility index (Phi) is 5.67. The van der Waals surface area contributed by atoms with Crippen LogP contribution in [0.15, 0.2) is 24.3 Å². The highest BCUT2D eigenvalue weighted by atomic mass is 16.5. The summed E-state index contributed by atoms with van der Waals surface area (Å²) >= 11 is 0. The third-order valence-corrected chi connectivity index (χ3v) is 3.85. The number of nitrogens with one attached hydrogen (secondary N) is 1. The quantitative estimate of drug-likeness (QED) is 0.817. The van der Waals surface area contributed by atoms with Crippen LogP contribution in [0.2, 0.25) is 0 Å². The van der Waals surface area contributed by atoms with Gasteiger partial charge in [0.05, 0.1) is 6.61 Å². The van der Waals surface area contributed by atoms with E-state index in [4.69, 9.17) is 4.74 Å². The average Bonchev–Trinajstić information content (AvgIpc) is 2.88. The highest BCUT2D eigenvalue weighted by molar-refractivity contribution is 5.27. The molecule has 1 aliphatic rings. The first kappa shape index (κ1) is 14.4. The van der Waals surface area contributed by atoms with Gasteiger partial charge in [0.1, 0.15) is 5.75 Å². The molecule has 1 aromatic carbocycles. The minimum atomic E-state index is 0.728. The summed E-state index contributed by atoms with van der Waals surface area (Å²) in [5.41, 5.74) is 1.32. The molecule has 1 aromatic rings. The van der Waals surface area contributed by atoms with Crippen LogP contribution in [0, 0.1) is 0 Å². The lowest BCUT2D eigenvalue weighted by atomic mass is 10.2. The van der Waals surface area contributed by atoms with Crippen molar-refractivity contribution in [2.75, 3.05) is 26.2 Å². The van der Waals surface area contributed by atoms with Crippen molar-refractivity contribution < 1.29 is 4.74 Å². The Hall–Kier alpha value is -1.06. The fourth-order valence-corrected chi connectivity index (χ4v) is 2.80. The van der Waals surface area contributed by atoms with E-state index in [1.165, 1.54) is 31.5 Å². The molecule has 3 heteroatoms. The van der Waals surface area contributed by atoms with E-state index in [9.17, 15) is 0 Å². The van der Waals surface area contributed by atoms with Crippen LogP contribution in [0.25, 0.3) is 0 Å². The van der Waals surface area contributed by atoms with E-state index < -0.39 is 0 Å². The molecule has 0 aliphatic carbocycles. The standard InChI is InChI=1S/C16H26N2O/c1-3-18-11-5-6-15(18)13-17-12-14-7-9-16(10-8-14)19-4-2/h7-10,15,17H,3-6,11-13H2,1-2H3/t15-/m0/s1. The number of likely N-dealkylation sites (tertiary alicyclic amines) is 1. The number of hydrogen-bond acceptors (Lipinski definition) is 3. The lowest BCUT2D eigenvalue weighted by molar-refractivity contribution is 0.260. The molecule has 0 aromatic heterocycles. The highest BCUT2D eigenvalue weighted by Crippen LogP contribution is 2.16. The lowest BCUT2D eigenvalue weighted by Crippen LogP contribution is -2.37. The van der Waals surface area contributed by atoms with Crippen LogP contribution in [0.3, 0.4) is 0 Å². The summed E-state index contributed by atoms with van der Waals surface area (Å²) in [4.78, 5) is 2.57. The monoisotopic (exact) mass is 262 g/mol. The van der Waals surface area contributed by atoms with Crippen molar-refractivity contribution in [3.05, 3.63) is 29.8 Å². The molecule has 1 heterocycles. The van der Waals surface area contributed by atoms with Crippen LogP contribution in [-0.2, 0) is 6.54 Å². The normalized spacial score (nSPS) is 19.8. The lowest BCUT2D eigenvalue weighted by Gasteiger charge is -2.23. The second-order valence-electron chi connectivity index (χ2n) is 5.13.